The first-order valence-corrected chi connectivity index (χ1v) is 9.98. The van der Waals surface area contributed by atoms with Gasteiger partial charge in [-0.3, -0.25) is 9.59 Å². The number of rotatable bonds is 6. The van der Waals surface area contributed by atoms with E-state index in [1.54, 1.807) is 36.8 Å². The molecule has 29 heavy (non-hydrogen) atoms. The Hall–Kier alpha value is -3.38. The van der Waals surface area contributed by atoms with Gasteiger partial charge in [0, 0.05) is 6.54 Å². The summed E-state index contributed by atoms with van der Waals surface area (Å²) in [6.07, 6.45) is 0. The summed E-state index contributed by atoms with van der Waals surface area (Å²) >= 11 is 1.28. The molecule has 0 saturated carbocycles. The van der Waals surface area contributed by atoms with Gasteiger partial charge in [-0.05, 0) is 34.7 Å². The van der Waals surface area contributed by atoms with E-state index >= 15 is 0 Å². The smallest absolute Gasteiger partial charge is 0.290 e. The summed E-state index contributed by atoms with van der Waals surface area (Å²) < 4.78 is 5.32. The number of benzene rings is 2. The molecule has 1 N–H and O–H groups in total. The minimum absolute atomic E-state index is 0.0987. The lowest BCUT2D eigenvalue weighted by molar-refractivity contribution is -0.130. The molecule has 1 aliphatic rings. The number of aliphatic hydroxyl groups excluding tert-OH is 1. The number of ketones is 1. The average molecular weight is 405 g/mol. The third-order valence-electron chi connectivity index (χ3n) is 4.90. The Balaban J connectivity index is 1.81. The lowest BCUT2D eigenvalue weighted by Gasteiger charge is -2.27. The molecule has 0 bridgehead atoms. The van der Waals surface area contributed by atoms with Crippen molar-refractivity contribution in [2.24, 2.45) is 0 Å². The fourth-order valence-electron chi connectivity index (χ4n) is 3.53. The highest BCUT2D eigenvalue weighted by atomic mass is 32.1. The lowest BCUT2D eigenvalue weighted by Crippen LogP contribution is -2.30. The fourth-order valence-corrected chi connectivity index (χ4v) is 4.21. The Morgan fingerprint density at radius 1 is 1.10 bits per heavy atom. The summed E-state index contributed by atoms with van der Waals surface area (Å²) in [4.78, 5) is 28.2. The number of aliphatic hydroxyl groups is 1. The van der Waals surface area contributed by atoms with E-state index in [1.807, 2.05) is 42.5 Å². The Morgan fingerprint density at radius 2 is 1.90 bits per heavy atom. The van der Waals surface area contributed by atoms with Gasteiger partial charge < -0.3 is 14.7 Å². The molecule has 0 spiro atoms. The fraction of sp³-hybridized carbons (Fsp3) is 0.130. The zero-order valence-corrected chi connectivity index (χ0v) is 16.6. The molecular formula is C23H19NO4S. The predicted octanol–water partition coefficient (Wildman–Crippen LogP) is 4.54. The molecule has 3 aromatic rings. The van der Waals surface area contributed by atoms with Gasteiger partial charge >= 0.3 is 0 Å². The second-order valence-electron chi connectivity index (χ2n) is 6.67. The number of carbonyl (C=O) groups is 2. The molecular weight excluding hydrogens is 386 g/mol. The number of ether oxygens (including phenoxy) is 1. The van der Waals surface area contributed by atoms with Gasteiger partial charge in [-0.15, -0.1) is 11.3 Å². The van der Waals surface area contributed by atoms with Crippen molar-refractivity contribution in [3.63, 3.8) is 0 Å². The molecule has 0 fully saturated rings. The SMILES string of the molecule is COc1cccc(C2C(C(=O)c3cccs3)=C(O)C(=O)N2Cc2ccccc2)c1. The molecule has 2 aromatic carbocycles. The lowest BCUT2D eigenvalue weighted by atomic mass is 9.95. The summed E-state index contributed by atoms with van der Waals surface area (Å²) in [6.45, 7) is 0.271. The summed E-state index contributed by atoms with van der Waals surface area (Å²) in [5, 5.41) is 12.5. The first-order chi connectivity index (χ1) is 14.1. The monoisotopic (exact) mass is 405 g/mol. The van der Waals surface area contributed by atoms with Crippen molar-refractivity contribution < 1.29 is 19.4 Å². The molecule has 0 radical (unpaired) electrons. The maximum absolute atomic E-state index is 13.2. The van der Waals surface area contributed by atoms with Gasteiger partial charge in [-0.2, -0.15) is 0 Å². The molecule has 5 nitrogen and oxygen atoms in total. The van der Waals surface area contributed by atoms with Crippen LogP contribution in [-0.2, 0) is 11.3 Å². The van der Waals surface area contributed by atoms with Crippen molar-refractivity contribution in [1.29, 1.82) is 0 Å². The average Bonchev–Trinajstić information content (AvgIpc) is 3.37. The maximum atomic E-state index is 13.2. The molecule has 1 amide bonds. The van der Waals surface area contributed by atoms with Crippen LogP contribution in [0.2, 0.25) is 0 Å². The third kappa shape index (κ3) is 3.54. The van der Waals surface area contributed by atoms with Crippen LogP contribution in [0.5, 0.6) is 5.75 Å². The first kappa shape index (κ1) is 19.0. The van der Waals surface area contributed by atoms with E-state index in [2.05, 4.69) is 0 Å². The molecule has 146 valence electrons. The Kier molecular flexibility index (Phi) is 5.18. The Morgan fingerprint density at radius 3 is 2.59 bits per heavy atom. The topological polar surface area (TPSA) is 66.8 Å². The van der Waals surface area contributed by atoms with Gasteiger partial charge in [0.2, 0.25) is 5.78 Å². The molecule has 0 saturated heterocycles. The van der Waals surface area contributed by atoms with Crippen LogP contribution in [0.3, 0.4) is 0 Å². The van der Waals surface area contributed by atoms with E-state index in [4.69, 9.17) is 4.74 Å². The third-order valence-corrected chi connectivity index (χ3v) is 5.77. The Bertz CT molecular complexity index is 1070. The van der Waals surface area contributed by atoms with Crippen LogP contribution < -0.4 is 4.74 Å². The number of carbonyl (C=O) groups excluding carboxylic acids is 2. The molecule has 6 heteroatoms. The van der Waals surface area contributed by atoms with E-state index in [-0.39, 0.29) is 17.9 Å². The zero-order valence-electron chi connectivity index (χ0n) is 15.7. The van der Waals surface area contributed by atoms with Gasteiger partial charge in [0.25, 0.3) is 5.91 Å². The zero-order chi connectivity index (χ0) is 20.4. The van der Waals surface area contributed by atoms with Crippen molar-refractivity contribution in [2.45, 2.75) is 12.6 Å². The van der Waals surface area contributed by atoms with Crippen LogP contribution in [0.25, 0.3) is 0 Å². The standard InChI is InChI=1S/C23H19NO4S/c1-28-17-10-5-9-16(13-17)20-19(21(25)18-11-6-12-29-18)22(26)23(27)24(20)14-15-7-3-2-4-8-15/h2-13,20,26H,14H2,1H3. The van der Waals surface area contributed by atoms with E-state index in [0.717, 1.165) is 5.56 Å². The Labute approximate surface area is 172 Å². The number of amides is 1. The van der Waals surface area contributed by atoms with Crippen molar-refractivity contribution in [2.75, 3.05) is 7.11 Å². The quantitative estimate of drug-likeness (QED) is 0.612. The van der Waals surface area contributed by atoms with Crippen molar-refractivity contribution >= 4 is 23.0 Å². The number of thiophene rings is 1. The largest absolute Gasteiger partial charge is 0.503 e. The van der Waals surface area contributed by atoms with E-state index < -0.39 is 17.7 Å². The highest BCUT2D eigenvalue weighted by Crippen LogP contribution is 2.41. The number of nitrogens with zero attached hydrogens (tertiary/aromatic N) is 1. The minimum atomic E-state index is -0.701. The molecule has 0 aliphatic carbocycles. The molecule has 1 aromatic heterocycles. The van der Waals surface area contributed by atoms with Crippen LogP contribution in [-0.4, -0.2) is 28.8 Å². The summed E-state index contributed by atoms with van der Waals surface area (Å²) in [7, 11) is 1.56. The van der Waals surface area contributed by atoms with Gasteiger partial charge in [0.1, 0.15) is 5.75 Å². The van der Waals surface area contributed by atoms with Crippen LogP contribution in [0.1, 0.15) is 26.8 Å². The second kappa shape index (κ2) is 7.93. The van der Waals surface area contributed by atoms with Crippen molar-refractivity contribution in [1.82, 2.24) is 4.90 Å². The second-order valence-corrected chi connectivity index (χ2v) is 7.61. The number of hydrogen-bond acceptors (Lipinski definition) is 5. The highest BCUT2D eigenvalue weighted by molar-refractivity contribution is 7.12. The number of methoxy groups -OCH3 is 1. The highest BCUT2D eigenvalue weighted by Gasteiger charge is 2.44. The van der Waals surface area contributed by atoms with Crippen molar-refractivity contribution in [3.8, 4) is 5.75 Å². The van der Waals surface area contributed by atoms with E-state index in [0.29, 0.717) is 16.2 Å². The van der Waals surface area contributed by atoms with E-state index in [9.17, 15) is 14.7 Å². The molecule has 2 heterocycles. The first-order valence-electron chi connectivity index (χ1n) is 9.10. The van der Waals surface area contributed by atoms with Gasteiger partial charge in [0.15, 0.2) is 5.76 Å². The van der Waals surface area contributed by atoms with Crippen LogP contribution >= 0.6 is 11.3 Å². The molecule has 4 rings (SSSR count). The van der Waals surface area contributed by atoms with Gasteiger partial charge in [-0.1, -0.05) is 48.5 Å². The van der Waals surface area contributed by atoms with Crippen molar-refractivity contribution in [3.05, 3.63) is 99.4 Å². The van der Waals surface area contributed by atoms with Gasteiger partial charge in [0.05, 0.1) is 23.6 Å². The predicted molar refractivity (Wildman–Crippen MR) is 111 cm³/mol. The van der Waals surface area contributed by atoms with Crippen LogP contribution in [0.15, 0.2) is 83.4 Å². The van der Waals surface area contributed by atoms with E-state index in [1.165, 1.54) is 16.2 Å². The summed E-state index contributed by atoms with van der Waals surface area (Å²) in [5.41, 5.74) is 1.71. The van der Waals surface area contributed by atoms with Crippen LogP contribution in [0, 0.1) is 0 Å². The molecule has 1 unspecified atom stereocenters. The minimum Gasteiger partial charge on any atom is -0.503 e. The maximum Gasteiger partial charge on any atom is 0.290 e. The number of hydrogen-bond donors (Lipinski definition) is 1. The summed E-state index contributed by atoms with van der Waals surface area (Å²) in [6, 6.07) is 19.5. The number of Topliss-reactive ketones (excluding diaryl/α,β-unsaturated/α-hetero) is 1. The van der Waals surface area contributed by atoms with Crippen LogP contribution in [0.4, 0.5) is 0 Å². The summed E-state index contributed by atoms with van der Waals surface area (Å²) in [5.74, 6) is -0.771. The van der Waals surface area contributed by atoms with Gasteiger partial charge in [-0.25, -0.2) is 0 Å². The molecule has 1 aliphatic heterocycles. The molecule has 1 atom stereocenters. The normalized spacial score (nSPS) is 16.4.